The van der Waals surface area contributed by atoms with Crippen molar-refractivity contribution in [3.63, 3.8) is 0 Å². The lowest BCUT2D eigenvalue weighted by atomic mass is 10.0. The zero-order valence-electron chi connectivity index (χ0n) is 11.2. The number of carbonyl (C=O) groups is 1. The van der Waals surface area contributed by atoms with Crippen molar-refractivity contribution in [1.29, 1.82) is 0 Å². The lowest BCUT2D eigenvalue weighted by Gasteiger charge is -2.25. The Bertz CT molecular complexity index is 467. The fourth-order valence-electron chi connectivity index (χ4n) is 2.55. The largest absolute Gasteiger partial charge is 0.464 e. The van der Waals surface area contributed by atoms with E-state index in [1.165, 1.54) is 0 Å². The van der Waals surface area contributed by atoms with Gasteiger partial charge in [-0.1, -0.05) is 0 Å². The molecule has 104 valence electrons. The number of hydrogen-bond acceptors (Lipinski definition) is 4. The first-order chi connectivity index (χ1) is 9.15. The third-order valence-electron chi connectivity index (χ3n) is 3.83. The Kier molecular flexibility index (Phi) is 3.33. The topological polar surface area (TPSA) is 68.7 Å². The van der Waals surface area contributed by atoms with E-state index in [1.54, 1.807) is 0 Å². The molecule has 5 heteroatoms. The van der Waals surface area contributed by atoms with E-state index >= 15 is 0 Å². The zero-order chi connectivity index (χ0) is 13.4. The van der Waals surface area contributed by atoms with Crippen molar-refractivity contribution in [2.24, 2.45) is 11.7 Å². The van der Waals surface area contributed by atoms with Crippen molar-refractivity contribution in [2.75, 3.05) is 13.2 Å². The molecular formula is C14H20N2O3. The predicted octanol–water partition coefficient (Wildman–Crippen LogP) is 1.05. The van der Waals surface area contributed by atoms with E-state index in [0.717, 1.165) is 24.4 Å². The normalized spacial score (nSPS) is 26.6. The van der Waals surface area contributed by atoms with Crippen LogP contribution in [-0.2, 0) is 16.1 Å². The summed E-state index contributed by atoms with van der Waals surface area (Å²) in [4.78, 5) is 14.5. The molecule has 1 aliphatic heterocycles. The van der Waals surface area contributed by atoms with Crippen LogP contribution in [0.5, 0.6) is 0 Å². The van der Waals surface area contributed by atoms with Crippen LogP contribution in [0.25, 0.3) is 0 Å². The molecule has 2 unspecified atom stereocenters. The van der Waals surface area contributed by atoms with E-state index in [4.69, 9.17) is 14.9 Å². The van der Waals surface area contributed by atoms with Gasteiger partial charge in [-0.3, -0.25) is 4.79 Å². The molecule has 19 heavy (non-hydrogen) atoms. The quantitative estimate of drug-likeness (QED) is 0.882. The fourth-order valence-corrected chi connectivity index (χ4v) is 2.55. The van der Waals surface area contributed by atoms with Gasteiger partial charge in [-0.15, -0.1) is 0 Å². The zero-order valence-corrected chi connectivity index (χ0v) is 11.2. The van der Waals surface area contributed by atoms with Crippen LogP contribution in [0.1, 0.15) is 24.4 Å². The summed E-state index contributed by atoms with van der Waals surface area (Å²) in [5.41, 5.74) is 5.94. The second-order valence-electron chi connectivity index (χ2n) is 5.52. The van der Waals surface area contributed by atoms with E-state index in [9.17, 15) is 4.79 Å². The van der Waals surface area contributed by atoms with Crippen molar-refractivity contribution in [3.05, 3.63) is 23.7 Å². The summed E-state index contributed by atoms with van der Waals surface area (Å²) in [5, 5.41) is 0. The van der Waals surface area contributed by atoms with Crippen molar-refractivity contribution < 1.29 is 13.9 Å². The molecule has 1 saturated carbocycles. The number of amides is 1. The number of aryl methyl sites for hydroxylation is 1. The molecule has 0 aromatic carbocycles. The van der Waals surface area contributed by atoms with Gasteiger partial charge in [0.15, 0.2) is 0 Å². The Balaban J connectivity index is 1.71. The van der Waals surface area contributed by atoms with Gasteiger partial charge in [0, 0.05) is 12.1 Å². The molecule has 3 rings (SSSR count). The van der Waals surface area contributed by atoms with Gasteiger partial charge in [0.2, 0.25) is 5.91 Å². The molecule has 1 saturated heterocycles. The van der Waals surface area contributed by atoms with Crippen molar-refractivity contribution in [2.45, 2.75) is 38.4 Å². The molecule has 1 aromatic heterocycles. The highest BCUT2D eigenvalue weighted by Gasteiger charge is 2.40. The number of nitrogens with two attached hydrogens (primary N) is 1. The fraction of sp³-hybridized carbons (Fsp3) is 0.643. The highest BCUT2D eigenvalue weighted by molar-refractivity contribution is 5.80. The first kappa shape index (κ1) is 12.7. The van der Waals surface area contributed by atoms with Crippen LogP contribution in [-0.4, -0.2) is 36.1 Å². The highest BCUT2D eigenvalue weighted by Crippen LogP contribution is 2.31. The van der Waals surface area contributed by atoms with Crippen molar-refractivity contribution in [1.82, 2.24) is 4.90 Å². The first-order valence-electron chi connectivity index (χ1n) is 6.84. The molecule has 0 radical (unpaired) electrons. The minimum Gasteiger partial charge on any atom is -0.464 e. The van der Waals surface area contributed by atoms with Crippen LogP contribution in [0.3, 0.4) is 0 Å². The third kappa shape index (κ3) is 2.67. The molecule has 1 aliphatic carbocycles. The molecule has 2 atom stereocenters. The Morgan fingerprint density at radius 2 is 2.21 bits per heavy atom. The summed E-state index contributed by atoms with van der Waals surface area (Å²) in [6.45, 7) is 3.38. The monoisotopic (exact) mass is 264 g/mol. The summed E-state index contributed by atoms with van der Waals surface area (Å²) < 4.78 is 10.9. The Morgan fingerprint density at radius 1 is 1.42 bits per heavy atom. The summed E-state index contributed by atoms with van der Waals surface area (Å²) >= 11 is 0. The molecule has 1 aromatic rings. The Morgan fingerprint density at radius 3 is 2.74 bits per heavy atom. The molecule has 2 heterocycles. The van der Waals surface area contributed by atoms with E-state index in [-0.39, 0.29) is 17.9 Å². The maximum atomic E-state index is 12.6. The van der Waals surface area contributed by atoms with Gasteiger partial charge in [-0.25, -0.2) is 0 Å². The summed E-state index contributed by atoms with van der Waals surface area (Å²) in [6.07, 6.45) is 2.16. The van der Waals surface area contributed by atoms with Crippen LogP contribution < -0.4 is 5.73 Å². The molecule has 2 aliphatic rings. The highest BCUT2D eigenvalue weighted by atomic mass is 16.5. The third-order valence-corrected chi connectivity index (χ3v) is 3.83. The maximum Gasteiger partial charge on any atom is 0.230 e. The molecule has 5 nitrogen and oxygen atoms in total. The second-order valence-corrected chi connectivity index (χ2v) is 5.52. The Labute approximate surface area is 112 Å². The molecule has 2 fully saturated rings. The maximum absolute atomic E-state index is 12.6. The average Bonchev–Trinajstić information content (AvgIpc) is 3.01. The van der Waals surface area contributed by atoms with Gasteiger partial charge in [0.05, 0.1) is 25.7 Å². The van der Waals surface area contributed by atoms with E-state index < -0.39 is 0 Å². The van der Waals surface area contributed by atoms with Crippen LogP contribution in [0, 0.1) is 12.8 Å². The standard InChI is InChI=1S/C14H20N2O3/c1-9-2-5-11(19-9)6-16(10-3-4-10)14(17)12-7-18-8-13(12)15/h2,5,10,12-13H,3-4,6-8,15H2,1H3. The molecule has 1 amide bonds. The number of hydrogen-bond donors (Lipinski definition) is 1. The Hall–Kier alpha value is -1.33. The van der Waals surface area contributed by atoms with E-state index in [1.807, 2.05) is 24.0 Å². The van der Waals surface area contributed by atoms with Crippen molar-refractivity contribution >= 4 is 5.91 Å². The number of rotatable bonds is 4. The smallest absolute Gasteiger partial charge is 0.230 e. The predicted molar refractivity (Wildman–Crippen MR) is 69.3 cm³/mol. The number of carbonyl (C=O) groups excluding carboxylic acids is 1. The van der Waals surface area contributed by atoms with Gasteiger partial charge >= 0.3 is 0 Å². The lowest BCUT2D eigenvalue weighted by Crippen LogP contribution is -2.44. The SMILES string of the molecule is Cc1ccc(CN(C(=O)C2COCC2N)C2CC2)o1. The van der Waals surface area contributed by atoms with Crippen LogP contribution in [0.2, 0.25) is 0 Å². The van der Waals surface area contributed by atoms with Crippen molar-refractivity contribution in [3.8, 4) is 0 Å². The number of ether oxygens (including phenoxy) is 1. The van der Waals surface area contributed by atoms with Gasteiger partial charge in [-0.05, 0) is 31.9 Å². The minimum atomic E-state index is -0.198. The summed E-state index contributed by atoms with van der Waals surface area (Å²) in [7, 11) is 0. The number of nitrogens with zero attached hydrogens (tertiary/aromatic N) is 1. The van der Waals surface area contributed by atoms with Gasteiger partial charge in [0.1, 0.15) is 11.5 Å². The average molecular weight is 264 g/mol. The molecule has 0 bridgehead atoms. The van der Waals surface area contributed by atoms with Crippen LogP contribution in [0.4, 0.5) is 0 Å². The summed E-state index contributed by atoms with van der Waals surface area (Å²) in [6, 6.07) is 4.04. The number of furan rings is 1. The van der Waals surface area contributed by atoms with E-state index in [2.05, 4.69) is 0 Å². The van der Waals surface area contributed by atoms with Gasteiger partial charge in [0.25, 0.3) is 0 Å². The van der Waals surface area contributed by atoms with Crippen LogP contribution >= 0.6 is 0 Å². The molecule has 2 N–H and O–H groups in total. The minimum absolute atomic E-state index is 0.113. The lowest BCUT2D eigenvalue weighted by molar-refractivity contribution is -0.137. The molecule has 0 spiro atoms. The van der Waals surface area contributed by atoms with Crippen LogP contribution in [0.15, 0.2) is 16.5 Å². The van der Waals surface area contributed by atoms with Gasteiger partial charge < -0.3 is 19.8 Å². The van der Waals surface area contributed by atoms with E-state index in [0.29, 0.717) is 25.8 Å². The molecular weight excluding hydrogens is 244 g/mol. The van der Waals surface area contributed by atoms with Gasteiger partial charge in [-0.2, -0.15) is 0 Å². The second kappa shape index (κ2) is 4.98. The first-order valence-corrected chi connectivity index (χ1v) is 6.84. The summed E-state index contributed by atoms with van der Waals surface area (Å²) in [5.74, 6) is 1.63.